The first-order valence-electron chi connectivity index (χ1n) is 5.63. The van der Waals surface area contributed by atoms with Gasteiger partial charge in [0.15, 0.2) is 6.54 Å². The smallest absolute Gasteiger partial charge is 0.279 e. The zero-order valence-corrected chi connectivity index (χ0v) is 11.3. The third-order valence-electron chi connectivity index (χ3n) is 2.87. The number of nitrogens with one attached hydrogen (secondary N) is 2. The van der Waals surface area contributed by atoms with Gasteiger partial charge in [0.05, 0.1) is 18.8 Å². The number of carbonyl (C=O) groups excluding carboxylic acids is 1. The number of hydrogen-bond acceptors (Lipinski definition) is 1. The Morgan fingerprint density at radius 2 is 2.00 bits per heavy atom. The highest BCUT2D eigenvalue weighted by Crippen LogP contribution is 2.16. The number of hydrogen-bond donors (Lipinski definition) is 2. The molecule has 1 amide bonds. The Balaban J connectivity index is 1.89. The maximum Gasteiger partial charge on any atom is 0.279 e. The van der Waals surface area contributed by atoms with Crippen LogP contribution in [0, 0.1) is 3.57 Å². The van der Waals surface area contributed by atoms with Gasteiger partial charge >= 0.3 is 0 Å². The molecular weight excluding hydrogens is 315 g/mol. The minimum atomic E-state index is 0.126. The van der Waals surface area contributed by atoms with Crippen molar-refractivity contribution in [1.29, 1.82) is 0 Å². The summed E-state index contributed by atoms with van der Waals surface area (Å²) >= 11 is 2.24. The fourth-order valence-electron chi connectivity index (χ4n) is 2.04. The van der Waals surface area contributed by atoms with Crippen LogP contribution in [0.25, 0.3) is 0 Å². The molecule has 0 bridgehead atoms. The number of para-hydroxylation sites is 1. The molecule has 0 spiro atoms. The Bertz CT molecular complexity index is 375. The molecule has 0 radical (unpaired) electrons. The highest BCUT2D eigenvalue weighted by atomic mass is 127. The molecule has 2 N–H and O–H groups in total. The van der Waals surface area contributed by atoms with Crippen LogP contribution in [-0.2, 0) is 4.79 Å². The van der Waals surface area contributed by atoms with Crippen molar-refractivity contribution >= 4 is 34.2 Å². The topological polar surface area (TPSA) is 33.5 Å². The van der Waals surface area contributed by atoms with Crippen LogP contribution in [0.1, 0.15) is 12.8 Å². The van der Waals surface area contributed by atoms with Gasteiger partial charge in [-0.3, -0.25) is 4.79 Å². The summed E-state index contributed by atoms with van der Waals surface area (Å²) in [5.74, 6) is 0.126. The molecule has 1 fully saturated rings. The summed E-state index contributed by atoms with van der Waals surface area (Å²) in [6.07, 6.45) is 2.51. The van der Waals surface area contributed by atoms with E-state index in [0.717, 1.165) is 22.3 Å². The number of benzene rings is 1. The number of amides is 1. The molecule has 1 saturated heterocycles. The fourth-order valence-corrected chi connectivity index (χ4v) is 2.56. The predicted molar refractivity (Wildman–Crippen MR) is 72.6 cm³/mol. The summed E-state index contributed by atoms with van der Waals surface area (Å²) in [4.78, 5) is 13.2. The van der Waals surface area contributed by atoms with Crippen molar-refractivity contribution in [3.05, 3.63) is 27.8 Å². The first-order valence-corrected chi connectivity index (χ1v) is 6.71. The van der Waals surface area contributed by atoms with E-state index in [0.29, 0.717) is 6.54 Å². The Hall–Kier alpha value is -0.620. The van der Waals surface area contributed by atoms with Crippen molar-refractivity contribution in [2.45, 2.75) is 12.8 Å². The van der Waals surface area contributed by atoms with Crippen molar-refractivity contribution in [1.82, 2.24) is 0 Å². The molecule has 0 aromatic heterocycles. The molecular formula is C12H16IN2O+. The zero-order valence-electron chi connectivity index (χ0n) is 9.13. The normalized spacial score (nSPS) is 16.3. The summed E-state index contributed by atoms with van der Waals surface area (Å²) in [7, 11) is 0. The van der Waals surface area contributed by atoms with Crippen LogP contribution < -0.4 is 10.2 Å². The SMILES string of the molecule is O=C(C[NH+]1CCCC1)Nc1ccccc1I. The van der Waals surface area contributed by atoms with Crippen LogP contribution in [0.4, 0.5) is 5.69 Å². The van der Waals surface area contributed by atoms with E-state index in [9.17, 15) is 4.79 Å². The van der Waals surface area contributed by atoms with Crippen LogP contribution in [0.3, 0.4) is 0 Å². The zero-order chi connectivity index (χ0) is 11.4. The number of quaternary nitrogens is 1. The molecule has 86 valence electrons. The maximum atomic E-state index is 11.8. The van der Waals surface area contributed by atoms with Crippen LogP contribution >= 0.6 is 22.6 Å². The fraction of sp³-hybridized carbons (Fsp3) is 0.417. The van der Waals surface area contributed by atoms with Gasteiger partial charge in [-0.05, 0) is 34.7 Å². The van der Waals surface area contributed by atoms with Crippen LogP contribution in [0.5, 0.6) is 0 Å². The second-order valence-corrected chi connectivity index (χ2v) is 5.32. The van der Waals surface area contributed by atoms with E-state index >= 15 is 0 Å². The second-order valence-electron chi connectivity index (χ2n) is 4.16. The Morgan fingerprint density at radius 1 is 1.31 bits per heavy atom. The maximum absolute atomic E-state index is 11.8. The van der Waals surface area contributed by atoms with Gasteiger partial charge in [-0.1, -0.05) is 12.1 Å². The lowest BCUT2D eigenvalue weighted by Crippen LogP contribution is -3.11. The van der Waals surface area contributed by atoms with Crippen LogP contribution in [-0.4, -0.2) is 25.5 Å². The molecule has 2 rings (SSSR count). The quantitative estimate of drug-likeness (QED) is 0.793. The molecule has 16 heavy (non-hydrogen) atoms. The lowest BCUT2D eigenvalue weighted by atomic mass is 10.3. The second kappa shape index (κ2) is 5.63. The Kier molecular flexibility index (Phi) is 4.17. The number of anilines is 1. The molecule has 1 aromatic rings. The van der Waals surface area contributed by atoms with Crippen molar-refractivity contribution in [3.8, 4) is 0 Å². The Morgan fingerprint density at radius 3 is 2.69 bits per heavy atom. The molecule has 0 saturated carbocycles. The molecule has 1 aliphatic heterocycles. The molecule has 1 aromatic carbocycles. The van der Waals surface area contributed by atoms with Gasteiger partial charge < -0.3 is 10.2 Å². The molecule has 0 aliphatic carbocycles. The van der Waals surface area contributed by atoms with E-state index in [4.69, 9.17) is 0 Å². The highest BCUT2D eigenvalue weighted by molar-refractivity contribution is 14.1. The Labute approximate surface area is 109 Å². The summed E-state index contributed by atoms with van der Waals surface area (Å²) in [5, 5.41) is 2.97. The molecule has 4 heteroatoms. The molecule has 1 heterocycles. The van der Waals surface area contributed by atoms with E-state index in [-0.39, 0.29) is 5.91 Å². The van der Waals surface area contributed by atoms with Gasteiger partial charge in [0, 0.05) is 16.4 Å². The molecule has 0 atom stereocenters. The summed E-state index contributed by atoms with van der Waals surface area (Å²) in [6, 6.07) is 7.86. The van der Waals surface area contributed by atoms with E-state index in [1.165, 1.54) is 17.7 Å². The van der Waals surface area contributed by atoms with Gasteiger partial charge in [-0.25, -0.2) is 0 Å². The van der Waals surface area contributed by atoms with Crippen molar-refractivity contribution < 1.29 is 9.69 Å². The summed E-state index contributed by atoms with van der Waals surface area (Å²) in [6.45, 7) is 2.88. The first kappa shape index (κ1) is 11.9. The van der Waals surface area contributed by atoms with Gasteiger partial charge in [-0.2, -0.15) is 0 Å². The van der Waals surface area contributed by atoms with Gasteiger partial charge in [0.1, 0.15) is 0 Å². The molecule has 1 aliphatic rings. The van der Waals surface area contributed by atoms with Crippen LogP contribution in [0.15, 0.2) is 24.3 Å². The van der Waals surface area contributed by atoms with E-state index in [2.05, 4.69) is 27.9 Å². The standard InChI is InChI=1S/C12H15IN2O/c13-10-5-1-2-6-11(10)14-12(16)9-15-7-3-4-8-15/h1-2,5-6H,3-4,7-9H2,(H,14,16)/p+1. The first-order chi connectivity index (χ1) is 7.75. The van der Waals surface area contributed by atoms with Gasteiger partial charge in [0.25, 0.3) is 5.91 Å². The summed E-state index contributed by atoms with van der Waals surface area (Å²) in [5.41, 5.74) is 0.923. The van der Waals surface area contributed by atoms with E-state index < -0.39 is 0 Å². The third-order valence-corrected chi connectivity index (χ3v) is 3.81. The largest absolute Gasteiger partial charge is 0.327 e. The third kappa shape index (κ3) is 3.18. The molecule has 3 nitrogen and oxygen atoms in total. The van der Waals surface area contributed by atoms with E-state index in [1.54, 1.807) is 0 Å². The van der Waals surface area contributed by atoms with Gasteiger partial charge in [0.2, 0.25) is 0 Å². The van der Waals surface area contributed by atoms with Crippen molar-refractivity contribution in [3.63, 3.8) is 0 Å². The lowest BCUT2D eigenvalue weighted by Gasteiger charge is -2.12. The summed E-state index contributed by atoms with van der Waals surface area (Å²) < 4.78 is 1.09. The van der Waals surface area contributed by atoms with E-state index in [1.807, 2.05) is 24.3 Å². The minimum absolute atomic E-state index is 0.126. The number of likely N-dealkylation sites (tertiary alicyclic amines) is 1. The molecule has 0 unspecified atom stereocenters. The average molecular weight is 331 g/mol. The van der Waals surface area contributed by atoms with Crippen molar-refractivity contribution in [2.75, 3.05) is 25.0 Å². The predicted octanol–water partition coefficient (Wildman–Crippen LogP) is 0.908. The number of halogens is 1. The van der Waals surface area contributed by atoms with Crippen LogP contribution in [0.2, 0.25) is 0 Å². The highest BCUT2D eigenvalue weighted by Gasteiger charge is 2.18. The average Bonchev–Trinajstić information content (AvgIpc) is 2.74. The number of carbonyl (C=O) groups is 1. The lowest BCUT2D eigenvalue weighted by molar-refractivity contribution is -0.878. The van der Waals surface area contributed by atoms with Gasteiger partial charge in [-0.15, -0.1) is 0 Å². The number of rotatable bonds is 3. The monoisotopic (exact) mass is 331 g/mol. The van der Waals surface area contributed by atoms with Crippen molar-refractivity contribution in [2.24, 2.45) is 0 Å². The minimum Gasteiger partial charge on any atom is -0.327 e.